The Bertz CT molecular complexity index is 846. The lowest BCUT2D eigenvalue weighted by Crippen LogP contribution is -1.97. The molecule has 1 unspecified atom stereocenters. The Morgan fingerprint density at radius 1 is 0.720 bits per heavy atom. The highest BCUT2D eigenvalue weighted by atomic mass is 14.8. The number of hydrogen-bond acceptors (Lipinski definition) is 1. The molecule has 0 aliphatic carbocycles. The van der Waals surface area contributed by atoms with Gasteiger partial charge in [-0.3, -0.25) is 4.99 Å². The summed E-state index contributed by atoms with van der Waals surface area (Å²) in [5.41, 5.74) is 5.62. The van der Waals surface area contributed by atoms with Gasteiger partial charge in [0.1, 0.15) is 0 Å². The van der Waals surface area contributed by atoms with E-state index in [0.29, 0.717) is 5.92 Å². The highest BCUT2D eigenvalue weighted by Gasteiger charge is 2.07. The number of hydrogen-bond donors (Lipinski definition) is 0. The molecule has 3 aromatic carbocycles. The minimum absolute atomic E-state index is 0.295. The first-order valence-electron chi connectivity index (χ1n) is 8.67. The zero-order valence-corrected chi connectivity index (χ0v) is 14.8. The van der Waals surface area contributed by atoms with Gasteiger partial charge in [0.15, 0.2) is 0 Å². The summed E-state index contributed by atoms with van der Waals surface area (Å²) >= 11 is 0. The molecule has 25 heavy (non-hydrogen) atoms. The van der Waals surface area contributed by atoms with Crippen molar-refractivity contribution >= 4 is 11.4 Å². The standard InChI is InChI=1S/C24H23N/c1-19(21-12-6-3-7-13-21)18-24(23-16-10-5-11-17-23)25-20(2)22-14-8-4-9-15-22/h3-19H,1-2H3/b24-18-,25-20?. The average molecular weight is 325 g/mol. The monoisotopic (exact) mass is 325 g/mol. The van der Waals surface area contributed by atoms with E-state index in [0.717, 1.165) is 22.5 Å². The third kappa shape index (κ3) is 4.54. The molecule has 0 saturated heterocycles. The van der Waals surface area contributed by atoms with Crippen molar-refractivity contribution < 1.29 is 0 Å². The zero-order chi connectivity index (χ0) is 17.5. The van der Waals surface area contributed by atoms with Crippen LogP contribution >= 0.6 is 0 Å². The summed E-state index contributed by atoms with van der Waals surface area (Å²) in [5.74, 6) is 0.295. The van der Waals surface area contributed by atoms with Crippen LogP contribution in [0.5, 0.6) is 0 Å². The Balaban J connectivity index is 2.00. The Labute approximate surface area is 150 Å². The van der Waals surface area contributed by atoms with Crippen LogP contribution in [0.25, 0.3) is 5.70 Å². The van der Waals surface area contributed by atoms with Gasteiger partial charge in [0.25, 0.3) is 0 Å². The van der Waals surface area contributed by atoms with Gasteiger partial charge in [0, 0.05) is 11.6 Å². The first kappa shape index (κ1) is 16.9. The van der Waals surface area contributed by atoms with E-state index in [9.17, 15) is 0 Å². The van der Waals surface area contributed by atoms with Gasteiger partial charge in [-0.25, -0.2) is 0 Å². The van der Waals surface area contributed by atoms with Crippen molar-refractivity contribution in [3.63, 3.8) is 0 Å². The number of aliphatic imine (C=N–C) groups is 1. The molecule has 0 aliphatic rings. The maximum absolute atomic E-state index is 4.96. The summed E-state index contributed by atoms with van der Waals surface area (Å²) in [4.78, 5) is 4.96. The molecule has 0 aromatic heterocycles. The molecule has 1 heteroatoms. The second kappa shape index (κ2) is 8.25. The number of rotatable bonds is 5. The van der Waals surface area contributed by atoms with Crippen molar-refractivity contribution in [2.24, 2.45) is 4.99 Å². The SMILES string of the molecule is CC(=N/C(=C\C(C)c1ccccc1)c1ccccc1)c1ccccc1. The van der Waals surface area contributed by atoms with E-state index in [4.69, 9.17) is 4.99 Å². The molecule has 0 N–H and O–H groups in total. The molecule has 0 aliphatic heterocycles. The van der Waals surface area contributed by atoms with E-state index in [-0.39, 0.29) is 0 Å². The zero-order valence-electron chi connectivity index (χ0n) is 14.8. The molecule has 0 fully saturated rings. The first-order valence-corrected chi connectivity index (χ1v) is 8.67. The number of allylic oxidation sites excluding steroid dienone is 1. The molecule has 3 rings (SSSR count). The summed E-state index contributed by atoms with van der Waals surface area (Å²) in [6.45, 7) is 4.28. The van der Waals surface area contributed by atoms with Crippen LogP contribution in [0.4, 0.5) is 0 Å². The smallest absolute Gasteiger partial charge is 0.0671 e. The molecular weight excluding hydrogens is 302 g/mol. The van der Waals surface area contributed by atoms with Crippen LogP contribution in [0.2, 0.25) is 0 Å². The van der Waals surface area contributed by atoms with Crippen molar-refractivity contribution in [1.82, 2.24) is 0 Å². The minimum atomic E-state index is 0.295. The summed E-state index contributed by atoms with van der Waals surface area (Å²) in [6, 6.07) is 31.3. The van der Waals surface area contributed by atoms with Crippen LogP contribution in [0, 0.1) is 0 Å². The Morgan fingerprint density at radius 2 is 1.20 bits per heavy atom. The van der Waals surface area contributed by atoms with Crippen LogP contribution in [-0.4, -0.2) is 5.71 Å². The highest BCUT2D eigenvalue weighted by Crippen LogP contribution is 2.24. The Kier molecular flexibility index (Phi) is 5.58. The third-order valence-electron chi connectivity index (χ3n) is 4.28. The maximum atomic E-state index is 4.96. The van der Waals surface area contributed by atoms with Gasteiger partial charge in [-0.2, -0.15) is 0 Å². The van der Waals surface area contributed by atoms with Crippen molar-refractivity contribution in [3.8, 4) is 0 Å². The lowest BCUT2D eigenvalue weighted by Gasteiger charge is -2.11. The molecule has 1 atom stereocenters. The largest absolute Gasteiger partial charge is 0.253 e. The molecule has 0 spiro atoms. The van der Waals surface area contributed by atoms with Gasteiger partial charge >= 0.3 is 0 Å². The quantitative estimate of drug-likeness (QED) is 0.485. The second-order valence-corrected chi connectivity index (χ2v) is 6.18. The minimum Gasteiger partial charge on any atom is -0.253 e. The van der Waals surface area contributed by atoms with E-state index >= 15 is 0 Å². The van der Waals surface area contributed by atoms with E-state index in [1.807, 2.05) is 24.3 Å². The molecule has 0 saturated carbocycles. The first-order chi connectivity index (χ1) is 12.2. The Morgan fingerprint density at radius 3 is 1.76 bits per heavy atom. The van der Waals surface area contributed by atoms with Crippen molar-refractivity contribution in [3.05, 3.63) is 114 Å². The third-order valence-corrected chi connectivity index (χ3v) is 4.28. The molecule has 1 nitrogen and oxygen atoms in total. The van der Waals surface area contributed by atoms with E-state index < -0.39 is 0 Å². The molecular formula is C24H23N. The second-order valence-electron chi connectivity index (χ2n) is 6.18. The molecule has 0 radical (unpaired) electrons. The van der Waals surface area contributed by atoms with Gasteiger partial charge < -0.3 is 0 Å². The highest BCUT2D eigenvalue weighted by molar-refractivity contribution is 6.01. The van der Waals surface area contributed by atoms with Crippen molar-refractivity contribution in [2.45, 2.75) is 19.8 Å². The lowest BCUT2D eigenvalue weighted by molar-refractivity contribution is 0.967. The summed E-state index contributed by atoms with van der Waals surface area (Å²) < 4.78 is 0. The van der Waals surface area contributed by atoms with Gasteiger partial charge in [-0.1, -0.05) is 104 Å². The van der Waals surface area contributed by atoms with Crippen LogP contribution in [0.1, 0.15) is 36.5 Å². The van der Waals surface area contributed by atoms with Gasteiger partial charge in [0.2, 0.25) is 0 Å². The van der Waals surface area contributed by atoms with Crippen molar-refractivity contribution in [1.29, 1.82) is 0 Å². The Hall–Kier alpha value is -2.93. The summed E-state index contributed by atoms with van der Waals surface area (Å²) in [5, 5.41) is 0. The van der Waals surface area contributed by atoms with E-state index in [1.165, 1.54) is 5.56 Å². The number of benzene rings is 3. The predicted octanol–water partition coefficient (Wildman–Crippen LogP) is 6.34. The normalized spacial score (nSPS) is 13.5. The molecule has 0 bridgehead atoms. The lowest BCUT2D eigenvalue weighted by atomic mass is 9.98. The average Bonchev–Trinajstić information content (AvgIpc) is 2.69. The molecule has 3 aromatic rings. The molecule has 0 heterocycles. The number of nitrogens with zero attached hydrogens (tertiary/aromatic N) is 1. The fourth-order valence-corrected chi connectivity index (χ4v) is 2.82. The fourth-order valence-electron chi connectivity index (χ4n) is 2.82. The van der Waals surface area contributed by atoms with Gasteiger partial charge in [-0.05, 0) is 23.6 Å². The van der Waals surface area contributed by atoms with Crippen LogP contribution in [0.3, 0.4) is 0 Å². The van der Waals surface area contributed by atoms with Gasteiger partial charge in [0.05, 0.1) is 5.70 Å². The van der Waals surface area contributed by atoms with E-state index in [2.05, 4.69) is 86.7 Å². The summed E-state index contributed by atoms with van der Waals surface area (Å²) in [7, 11) is 0. The molecule has 124 valence electrons. The van der Waals surface area contributed by atoms with Crippen LogP contribution < -0.4 is 0 Å². The van der Waals surface area contributed by atoms with Crippen LogP contribution in [0.15, 0.2) is 102 Å². The fraction of sp³-hybridized carbons (Fsp3) is 0.125. The van der Waals surface area contributed by atoms with E-state index in [1.54, 1.807) is 0 Å². The predicted molar refractivity (Wildman–Crippen MR) is 108 cm³/mol. The topological polar surface area (TPSA) is 12.4 Å². The van der Waals surface area contributed by atoms with Gasteiger partial charge in [-0.15, -0.1) is 0 Å². The van der Waals surface area contributed by atoms with Crippen LogP contribution in [-0.2, 0) is 0 Å². The molecule has 0 amide bonds. The maximum Gasteiger partial charge on any atom is 0.0671 e. The van der Waals surface area contributed by atoms with Crippen molar-refractivity contribution in [2.75, 3.05) is 0 Å². The summed E-state index contributed by atoms with van der Waals surface area (Å²) in [6.07, 6.45) is 2.25.